The zero-order chi connectivity index (χ0) is 11.1. The molecular weight excluding hydrogens is 190 g/mol. The van der Waals surface area contributed by atoms with Crippen molar-refractivity contribution in [1.29, 1.82) is 5.26 Å². The molecule has 0 spiro atoms. The van der Waals surface area contributed by atoms with Gasteiger partial charge in [-0.2, -0.15) is 5.26 Å². The van der Waals surface area contributed by atoms with Crippen LogP contribution in [0.3, 0.4) is 0 Å². The van der Waals surface area contributed by atoms with Gasteiger partial charge in [0.25, 0.3) is 0 Å². The van der Waals surface area contributed by atoms with Gasteiger partial charge in [-0.15, -0.1) is 0 Å². The lowest BCUT2D eigenvalue weighted by Crippen LogP contribution is -2.43. The lowest BCUT2D eigenvalue weighted by Gasteiger charge is -2.27. The minimum absolute atomic E-state index is 0.0287. The fourth-order valence-corrected chi connectivity index (χ4v) is 1.86. The molecule has 0 atom stereocenters. The molecule has 0 aromatic carbocycles. The normalized spacial score (nSPS) is 16.7. The van der Waals surface area contributed by atoms with Crippen molar-refractivity contribution in [3.05, 3.63) is 0 Å². The lowest BCUT2D eigenvalue weighted by atomic mass is 10.2. The molecule has 0 radical (unpaired) electrons. The molecule has 1 heterocycles. The number of amides is 2. The second-order valence-corrected chi connectivity index (χ2v) is 3.86. The van der Waals surface area contributed by atoms with Crippen LogP contribution < -0.4 is 0 Å². The summed E-state index contributed by atoms with van der Waals surface area (Å²) in [6.45, 7) is 4.42. The maximum Gasteiger partial charge on any atom is 0.320 e. The summed E-state index contributed by atoms with van der Waals surface area (Å²) >= 11 is 0. The van der Waals surface area contributed by atoms with E-state index in [0.29, 0.717) is 6.54 Å². The molecule has 1 aliphatic rings. The highest BCUT2D eigenvalue weighted by Gasteiger charge is 2.20. The highest BCUT2D eigenvalue weighted by Crippen LogP contribution is 2.11. The first-order valence-corrected chi connectivity index (χ1v) is 5.70. The number of hydrogen-bond donors (Lipinski definition) is 0. The summed E-state index contributed by atoms with van der Waals surface area (Å²) in [7, 11) is 0. The van der Waals surface area contributed by atoms with Crippen LogP contribution in [0.5, 0.6) is 0 Å². The Morgan fingerprint density at radius 3 is 2.40 bits per heavy atom. The molecule has 0 unspecified atom stereocenters. The Morgan fingerprint density at radius 1 is 1.33 bits per heavy atom. The van der Waals surface area contributed by atoms with Crippen LogP contribution >= 0.6 is 0 Å². The van der Waals surface area contributed by atoms with Gasteiger partial charge in [0.05, 0.1) is 6.07 Å². The molecule has 1 aliphatic heterocycles. The Kier molecular flexibility index (Phi) is 4.96. The molecular formula is C11H19N3O. The molecule has 1 saturated heterocycles. The van der Waals surface area contributed by atoms with Crippen LogP contribution in [0.25, 0.3) is 0 Å². The molecule has 4 nitrogen and oxygen atoms in total. The topological polar surface area (TPSA) is 47.3 Å². The van der Waals surface area contributed by atoms with Crippen LogP contribution in [0.1, 0.15) is 32.6 Å². The van der Waals surface area contributed by atoms with Crippen LogP contribution in [0.2, 0.25) is 0 Å². The van der Waals surface area contributed by atoms with Gasteiger partial charge in [-0.25, -0.2) is 4.79 Å². The average Bonchev–Trinajstić information content (AvgIpc) is 2.53. The highest BCUT2D eigenvalue weighted by molar-refractivity contribution is 5.74. The minimum atomic E-state index is 0.0287. The standard InChI is InChI=1S/C11H19N3O/c1-2-13(10-7-12)11(15)14-8-5-3-4-6-9-14/h2-6,8-10H2,1H3. The Morgan fingerprint density at radius 2 is 1.93 bits per heavy atom. The summed E-state index contributed by atoms with van der Waals surface area (Å²) in [6.07, 6.45) is 4.62. The van der Waals surface area contributed by atoms with Crippen LogP contribution in [0.15, 0.2) is 0 Å². The van der Waals surface area contributed by atoms with Crippen molar-refractivity contribution in [3.8, 4) is 6.07 Å². The summed E-state index contributed by atoms with van der Waals surface area (Å²) in [4.78, 5) is 15.5. The van der Waals surface area contributed by atoms with E-state index in [0.717, 1.165) is 25.9 Å². The predicted molar refractivity (Wildman–Crippen MR) is 58.3 cm³/mol. The second-order valence-electron chi connectivity index (χ2n) is 3.86. The first kappa shape index (κ1) is 11.8. The van der Waals surface area contributed by atoms with E-state index in [1.807, 2.05) is 17.9 Å². The summed E-state index contributed by atoms with van der Waals surface area (Å²) in [5, 5.41) is 8.61. The summed E-state index contributed by atoms with van der Waals surface area (Å²) in [5.41, 5.74) is 0. The van der Waals surface area contributed by atoms with Crippen LogP contribution in [-0.2, 0) is 0 Å². The Labute approximate surface area is 91.5 Å². The van der Waals surface area contributed by atoms with E-state index in [9.17, 15) is 4.79 Å². The third kappa shape index (κ3) is 3.43. The first-order valence-electron chi connectivity index (χ1n) is 5.70. The maximum atomic E-state index is 12.0. The van der Waals surface area contributed by atoms with Crippen molar-refractivity contribution in [2.24, 2.45) is 0 Å². The van der Waals surface area contributed by atoms with E-state index in [-0.39, 0.29) is 12.6 Å². The zero-order valence-corrected chi connectivity index (χ0v) is 9.41. The first-order chi connectivity index (χ1) is 7.29. The SMILES string of the molecule is CCN(CC#N)C(=O)N1CCCCCC1. The van der Waals surface area contributed by atoms with Gasteiger partial charge in [-0.1, -0.05) is 12.8 Å². The predicted octanol–water partition coefficient (Wildman–Crippen LogP) is 1.83. The van der Waals surface area contributed by atoms with Crippen LogP contribution in [-0.4, -0.2) is 42.0 Å². The van der Waals surface area contributed by atoms with Crippen molar-refractivity contribution in [1.82, 2.24) is 9.80 Å². The van der Waals surface area contributed by atoms with E-state index >= 15 is 0 Å². The molecule has 0 saturated carbocycles. The fourth-order valence-electron chi connectivity index (χ4n) is 1.86. The van der Waals surface area contributed by atoms with E-state index in [1.165, 1.54) is 12.8 Å². The smallest absolute Gasteiger partial charge is 0.320 e. The molecule has 1 rings (SSSR count). The van der Waals surface area contributed by atoms with Crippen molar-refractivity contribution in [2.75, 3.05) is 26.2 Å². The van der Waals surface area contributed by atoms with Crippen molar-refractivity contribution >= 4 is 6.03 Å². The molecule has 0 N–H and O–H groups in total. The third-order valence-electron chi connectivity index (χ3n) is 2.79. The van der Waals surface area contributed by atoms with Gasteiger partial charge >= 0.3 is 6.03 Å². The summed E-state index contributed by atoms with van der Waals surface area (Å²) in [5.74, 6) is 0. The minimum Gasteiger partial charge on any atom is -0.325 e. The van der Waals surface area contributed by atoms with Crippen molar-refractivity contribution < 1.29 is 4.79 Å². The molecule has 15 heavy (non-hydrogen) atoms. The number of rotatable bonds is 2. The molecule has 2 amide bonds. The quantitative estimate of drug-likeness (QED) is 0.651. The van der Waals surface area contributed by atoms with Gasteiger partial charge in [-0.05, 0) is 19.8 Å². The number of likely N-dealkylation sites (tertiary alicyclic amines) is 1. The Hall–Kier alpha value is -1.24. The number of hydrogen-bond acceptors (Lipinski definition) is 2. The number of carbonyl (C=O) groups is 1. The van der Waals surface area contributed by atoms with Crippen LogP contribution in [0, 0.1) is 11.3 Å². The Balaban J connectivity index is 2.52. The van der Waals surface area contributed by atoms with Gasteiger partial charge in [0.1, 0.15) is 6.54 Å². The van der Waals surface area contributed by atoms with Gasteiger partial charge in [0.2, 0.25) is 0 Å². The largest absolute Gasteiger partial charge is 0.325 e. The molecule has 84 valence electrons. The number of nitrogens with zero attached hydrogens (tertiary/aromatic N) is 3. The number of carbonyl (C=O) groups excluding carboxylic acids is 1. The fraction of sp³-hybridized carbons (Fsp3) is 0.818. The molecule has 0 bridgehead atoms. The lowest BCUT2D eigenvalue weighted by molar-refractivity contribution is 0.162. The average molecular weight is 209 g/mol. The van der Waals surface area contributed by atoms with Gasteiger partial charge in [-0.3, -0.25) is 0 Å². The van der Waals surface area contributed by atoms with E-state index < -0.39 is 0 Å². The molecule has 0 aromatic rings. The number of nitriles is 1. The zero-order valence-electron chi connectivity index (χ0n) is 9.41. The van der Waals surface area contributed by atoms with Gasteiger partial charge < -0.3 is 9.80 Å². The molecule has 1 fully saturated rings. The van der Waals surface area contributed by atoms with E-state index in [2.05, 4.69) is 0 Å². The number of urea groups is 1. The monoisotopic (exact) mass is 209 g/mol. The van der Waals surface area contributed by atoms with Gasteiger partial charge in [0.15, 0.2) is 0 Å². The summed E-state index contributed by atoms with van der Waals surface area (Å²) < 4.78 is 0. The molecule has 0 aromatic heterocycles. The highest BCUT2D eigenvalue weighted by atomic mass is 16.2. The van der Waals surface area contributed by atoms with Crippen LogP contribution in [0.4, 0.5) is 4.79 Å². The molecule has 0 aliphatic carbocycles. The van der Waals surface area contributed by atoms with Crippen molar-refractivity contribution in [2.45, 2.75) is 32.6 Å². The van der Waals surface area contributed by atoms with Gasteiger partial charge in [0, 0.05) is 19.6 Å². The molecule has 4 heteroatoms. The third-order valence-corrected chi connectivity index (χ3v) is 2.79. The van der Waals surface area contributed by atoms with E-state index in [4.69, 9.17) is 5.26 Å². The van der Waals surface area contributed by atoms with Crippen molar-refractivity contribution in [3.63, 3.8) is 0 Å². The van der Waals surface area contributed by atoms with E-state index in [1.54, 1.807) is 4.90 Å². The Bertz CT molecular complexity index is 239. The summed E-state index contributed by atoms with van der Waals surface area (Å²) in [6, 6.07) is 2.06. The maximum absolute atomic E-state index is 12.0. The second kappa shape index (κ2) is 6.28.